The molecule has 2 N–H and O–H groups in total. The molecule has 1 aromatic carbocycles. The minimum absolute atomic E-state index is 0.0703. The van der Waals surface area contributed by atoms with E-state index in [1.54, 1.807) is 16.9 Å². The maximum Gasteiger partial charge on any atom is 0.321 e. The molecular formula is C34H52N4O7SSi. The Kier molecular flexibility index (Phi) is 10.2. The van der Waals surface area contributed by atoms with Crippen molar-refractivity contribution in [1.29, 1.82) is 0 Å². The van der Waals surface area contributed by atoms with Gasteiger partial charge in [0, 0.05) is 32.0 Å². The number of carbonyl (C=O) groups is 3. The fourth-order valence-corrected chi connectivity index (χ4v) is 9.00. The molecule has 0 aromatic heterocycles. The van der Waals surface area contributed by atoms with E-state index in [1.807, 2.05) is 36.4 Å². The van der Waals surface area contributed by atoms with Gasteiger partial charge in [-0.2, -0.15) is 0 Å². The lowest BCUT2D eigenvalue weighted by Crippen LogP contribution is -2.57. The number of ether oxygens (including phenoxy) is 1. The van der Waals surface area contributed by atoms with Crippen LogP contribution in [0.1, 0.15) is 77.7 Å². The van der Waals surface area contributed by atoms with Crippen LogP contribution in [0.3, 0.4) is 0 Å². The summed E-state index contributed by atoms with van der Waals surface area (Å²) in [5.41, 5.74) is -0.436. The molecule has 4 unspecified atom stereocenters. The summed E-state index contributed by atoms with van der Waals surface area (Å²) < 4.78 is 39.8. The number of urea groups is 1. The minimum Gasteiger partial charge on any atom is -0.497 e. The molecule has 4 atom stereocenters. The second kappa shape index (κ2) is 13.5. The van der Waals surface area contributed by atoms with Crippen molar-refractivity contribution in [2.45, 2.75) is 120 Å². The highest BCUT2D eigenvalue weighted by Crippen LogP contribution is 2.46. The maximum atomic E-state index is 14.5. The first-order valence-electron chi connectivity index (χ1n) is 17.0. The first kappa shape index (κ1) is 35.4. The van der Waals surface area contributed by atoms with Crippen LogP contribution in [0.2, 0.25) is 18.1 Å². The van der Waals surface area contributed by atoms with Crippen molar-refractivity contribution in [2.75, 3.05) is 20.2 Å². The van der Waals surface area contributed by atoms with Crippen LogP contribution >= 0.6 is 0 Å². The van der Waals surface area contributed by atoms with Crippen LogP contribution < -0.4 is 14.8 Å². The lowest BCUT2D eigenvalue weighted by molar-refractivity contribution is -0.131. The summed E-state index contributed by atoms with van der Waals surface area (Å²) in [5.74, 6) is -0.771. The van der Waals surface area contributed by atoms with Crippen LogP contribution in [-0.4, -0.2) is 87.5 Å². The summed E-state index contributed by atoms with van der Waals surface area (Å²) in [6.45, 7) is 11.9. The van der Waals surface area contributed by atoms with Crippen molar-refractivity contribution in [2.24, 2.45) is 5.92 Å². The predicted molar refractivity (Wildman–Crippen MR) is 183 cm³/mol. The van der Waals surface area contributed by atoms with Crippen molar-refractivity contribution < 1.29 is 32.0 Å². The normalized spacial score (nSPS) is 27.7. The lowest BCUT2D eigenvalue weighted by atomic mass is 10.1. The Morgan fingerprint density at radius 1 is 1.11 bits per heavy atom. The topological polar surface area (TPSA) is 134 Å². The predicted octanol–water partition coefficient (Wildman–Crippen LogP) is 4.70. The Hall–Kier alpha value is -2.90. The summed E-state index contributed by atoms with van der Waals surface area (Å²) in [6, 6.07) is 6.49. The van der Waals surface area contributed by atoms with Gasteiger partial charge in [0.15, 0.2) is 8.32 Å². The Morgan fingerprint density at radius 3 is 2.45 bits per heavy atom. The standard InChI is InChI=1S/C34H52N4O7SSi/c1-33(2,3)47(5,6)45-27-20-29-30(39)35-34(31(40)36-46(42,43)28-17-18-28)21-25(34)12-10-8-7-9-11-19-37(32(41)38(29)23-27)22-24-13-15-26(44-4)16-14-24/h10,12-16,25,27-29H,7-9,11,17-23H2,1-6H3,(H,35,39)(H,36,40). The smallest absolute Gasteiger partial charge is 0.321 e. The number of amides is 4. The van der Waals surface area contributed by atoms with Crippen molar-refractivity contribution in [3.8, 4) is 5.75 Å². The number of nitrogens with one attached hydrogen (secondary N) is 2. The van der Waals surface area contributed by atoms with Crippen molar-refractivity contribution in [3.05, 3.63) is 42.0 Å². The van der Waals surface area contributed by atoms with E-state index >= 15 is 0 Å². The first-order valence-corrected chi connectivity index (χ1v) is 21.4. The molecule has 4 amide bonds. The highest BCUT2D eigenvalue weighted by Gasteiger charge is 2.62. The zero-order chi connectivity index (χ0) is 34.2. The van der Waals surface area contributed by atoms with Gasteiger partial charge >= 0.3 is 6.03 Å². The Labute approximate surface area is 281 Å². The molecule has 1 aromatic rings. The molecule has 0 spiro atoms. The second-order valence-electron chi connectivity index (χ2n) is 15.2. The summed E-state index contributed by atoms with van der Waals surface area (Å²) in [5, 5.41) is 2.33. The monoisotopic (exact) mass is 688 g/mol. The van der Waals surface area contributed by atoms with Crippen molar-refractivity contribution >= 4 is 36.2 Å². The molecule has 3 fully saturated rings. The van der Waals surface area contributed by atoms with Gasteiger partial charge in [-0.15, -0.1) is 0 Å². The van der Waals surface area contributed by atoms with Gasteiger partial charge in [0.25, 0.3) is 5.91 Å². The van der Waals surface area contributed by atoms with Gasteiger partial charge in [0.05, 0.1) is 18.5 Å². The molecular weight excluding hydrogens is 637 g/mol. The number of sulfonamides is 1. The second-order valence-corrected chi connectivity index (χ2v) is 21.9. The fourth-order valence-electron chi connectivity index (χ4n) is 6.28. The van der Waals surface area contributed by atoms with E-state index in [0.29, 0.717) is 38.8 Å². The highest BCUT2D eigenvalue weighted by molar-refractivity contribution is 7.91. The molecule has 47 heavy (non-hydrogen) atoms. The molecule has 1 saturated heterocycles. The molecule has 2 aliphatic carbocycles. The van der Waals surface area contributed by atoms with Crippen LogP contribution in [0.5, 0.6) is 5.75 Å². The fraction of sp³-hybridized carbons (Fsp3) is 0.676. The van der Waals surface area contributed by atoms with Gasteiger partial charge in [-0.05, 0) is 74.4 Å². The number of rotatable bonds is 8. The molecule has 11 nitrogen and oxygen atoms in total. The number of hydrogen-bond donors (Lipinski definition) is 2. The van der Waals surface area contributed by atoms with E-state index in [1.165, 1.54) is 0 Å². The third kappa shape index (κ3) is 8.05. The van der Waals surface area contributed by atoms with Crippen LogP contribution in [0.25, 0.3) is 0 Å². The average Bonchev–Trinajstić information content (AvgIpc) is 3.92. The molecule has 13 heteroatoms. The zero-order valence-electron chi connectivity index (χ0n) is 28.7. The summed E-state index contributed by atoms with van der Waals surface area (Å²) in [4.78, 5) is 45.7. The van der Waals surface area contributed by atoms with E-state index < -0.39 is 47.0 Å². The van der Waals surface area contributed by atoms with Gasteiger partial charge in [-0.1, -0.05) is 51.5 Å². The van der Waals surface area contributed by atoms with E-state index in [0.717, 1.165) is 37.0 Å². The van der Waals surface area contributed by atoms with Crippen LogP contribution in [0.15, 0.2) is 36.4 Å². The summed E-state index contributed by atoms with van der Waals surface area (Å²) >= 11 is 0. The Balaban J connectivity index is 1.45. The van der Waals surface area contributed by atoms with Gasteiger partial charge in [0.1, 0.15) is 17.3 Å². The molecule has 0 radical (unpaired) electrons. The van der Waals surface area contributed by atoms with Crippen molar-refractivity contribution in [1.82, 2.24) is 19.8 Å². The number of allylic oxidation sites excluding steroid dienone is 1. The average molecular weight is 689 g/mol. The molecule has 2 saturated carbocycles. The Morgan fingerprint density at radius 2 is 1.81 bits per heavy atom. The number of benzene rings is 1. The number of carbonyl (C=O) groups excluding carboxylic acids is 3. The zero-order valence-corrected chi connectivity index (χ0v) is 30.5. The van der Waals surface area contributed by atoms with E-state index in [9.17, 15) is 22.8 Å². The molecule has 2 heterocycles. The van der Waals surface area contributed by atoms with Crippen LogP contribution in [-0.2, 0) is 30.6 Å². The van der Waals surface area contributed by atoms with E-state index in [2.05, 4.69) is 43.9 Å². The number of hydrogen-bond acceptors (Lipinski definition) is 7. The van der Waals surface area contributed by atoms with Crippen LogP contribution in [0.4, 0.5) is 4.79 Å². The molecule has 4 aliphatic rings. The molecule has 0 bridgehead atoms. The van der Waals surface area contributed by atoms with Gasteiger partial charge < -0.3 is 24.3 Å². The van der Waals surface area contributed by atoms with Crippen LogP contribution in [0, 0.1) is 5.92 Å². The molecule has 2 aliphatic heterocycles. The Bertz CT molecular complexity index is 1470. The number of fused-ring (bicyclic) bond motifs is 2. The molecule has 5 rings (SSSR count). The van der Waals surface area contributed by atoms with Gasteiger partial charge in [-0.25, -0.2) is 13.2 Å². The van der Waals surface area contributed by atoms with E-state index in [-0.39, 0.29) is 29.6 Å². The minimum atomic E-state index is -3.81. The van der Waals surface area contributed by atoms with E-state index in [4.69, 9.17) is 9.16 Å². The lowest BCUT2D eigenvalue weighted by Gasteiger charge is -2.38. The first-order chi connectivity index (χ1) is 22.1. The maximum absolute atomic E-state index is 14.5. The third-order valence-electron chi connectivity index (χ3n) is 10.5. The number of methoxy groups -OCH3 is 1. The summed E-state index contributed by atoms with van der Waals surface area (Å²) in [6.07, 6.45) is 8.64. The van der Waals surface area contributed by atoms with Gasteiger partial charge in [-0.3, -0.25) is 14.3 Å². The van der Waals surface area contributed by atoms with Crippen molar-refractivity contribution in [3.63, 3.8) is 0 Å². The van der Waals surface area contributed by atoms with Gasteiger partial charge in [0.2, 0.25) is 15.9 Å². The SMILES string of the molecule is COc1ccc(CN2CCCCCC=CC3CC3(C(=O)NS(=O)(=O)C3CC3)NC(=O)C3CC(O[Si](C)(C)C(C)(C)C)CN3C2=O)cc1. The molecule has 260 valence electrons. The quantitative estimate of drug-likeness (QED) is 0.299. The third-order valence-corrected chi connectivity index (χ3v) is 16.9. The summed E-state index contributed by atoms with van der Waals surface area (Å²) in [7, 11) is -4.45. The highest BCUT2D eigenvalue weighted by atomic mass is 32.2. The largest absolute Gasteiger partial charge is 0.497 e. The number of nitrogens with zero attached hydrogens (tertiary/aromatic N) is 2.